The molecular formula is C20H28N4O. The number of rotatable bonds is 6. The van der Waals surface area contributed by atoms with E-state index < -0.39 is 0 Å². The smallest absolute Gasteiger partial charge is 0.135 e. The van der Waals surface area contributed by atoms with E-state index in [-0.39, 0.29) is 12.5 Å². The number of aromatic nitrogens is 2. The van der Waals surface area contributed by atoms with Crippen LogP contribution in [0.2, 0.25) is 0 Å². The van der Waals surface area contributed by atoms with Crippen molar-refractivity contribution < 1.29 is 5.11 Å². The number of nitrogens with zero attached hydrogens (tertiary/aromatic N) is 3. The molecule has 0 unspecified atom stereocenters. The number of nitrogens with one attached hydrogen (secondary N) is 1. The third kappa shape index (κ3) is 4.10. The highest BCUT2D eigenvalue weighted by molar-refractivity contribution is 5.52. The van der Waals surface area contributed by atoms with Crippen LogP contribution >= 0.6 is 0 Å². The molecule has 0 saturated heterocycles. The molecule has 5 nitrogen and oxygen atoms in total. The van der Waals surface area contributed by atoms with E-state index in [0.717, 1.165) is 30.4 Å². The minimum absolute atomic E-state index is 0.182. The standard InChI is InChI=1S/C20H28N4O/c1-14(2)20-22-18(21-9-6-10-25)12-19(23-20)24-13-17-8-5-4-7-16(17)11-15(24)3/h4-5,7-8,12,14-15,25H,6,9-11,13H2,1-3H3,(H,21,22,23)/t15-/m0/s1. The molecule has 0 radical (unpaired) electrons. The Hall–Kier alpha value is -2.14. The van der Waals surface area contributed by atoms with Gasteiger partial charge in [0, 0.05) is 37.7 Å². The van der Waals surface area contributed by atoms with Crippen molar-refractivity contribution in [2.45, 2.75) is 52.1 Å². The van der Waals surface area contributed by atoms with Gasteiger partial charge < -0.3 is 15.3 Å². The van der Waals surface area contributed by atoms with Crippen molar-refractivity contribution in [3.05, 3.63) is 47.3 Å². The molecule has 1 aliphatic rings. The Balaban J connectivity index is 1.90. The number of anilines is 2. The highest BCUT2D eigenvalue weighted by Gasteiger charge is 2.24. The van der Waals surface area contributed by atoms with Crippen LogP contribution in [0.4, 0.5) is 11.6 Å². The Morgan fingerprint density at radius 3 is 2.72 bits per heavy atom. The molecule has 25 heavy (non-hydrogen) atoms. The molecule has 0 spiro atoms. The van der Waals surface area contributed by atoms with Gasteiger partial charge in [0.05, 0.1) is 0 Å². The lowest BCUT2D eigenvalue weighted by molar-refractivity contribution is 0.292. The van der Waals surface area contributed by atoms with E-state index in [9.17, 15) is 0 Å². The van der Waals surface area contributed by atoms with Crippen LogP contribution in [0.5, 0.6) is 0 Å². The van der Waals surface area contributed by atoms with Gasteiger partial charge in [-0.2, -0.15) is 0 Å². The fourth-order valence-corrected chi connectivity index (χ4v) is 3.23. The summed E-state index contributed by atoms with van der Waals surface area (Å²) >= 11 is 0. The molecule has 3 rings (SSSR count). The van der Waals surface area contributed by atoms with Crippen molar-refractivity contribution in [1.82, 2.24) is 9.97 Å². The van der Waals surface area contributed by atoms with Gasteiger partial charge in [-0.15, -0.1) is 0 Å². The van der Waals surface area contributed by atoms with Crippen LogP contribution in [-0.2, 0) is 13.0 Å². The maximum atomic E-state index is 8.99. The van der Waals surface area contributed by atoms with Crippen LogP contribution in [0.25, 0.3) is 0 Å². The molecule has 1 aromatic heterocycles. The van der Waals surface area contributed by atoms with E-state index in [1.165, 1.54) is 11.1 Å². The fourth-order valence-electron chi connectivity index (χ4n) is 3.23. The molecule has 134 valence electrons. The van der Waals surface area contributed by atoms with Gasteiger partial charge in [-0.3, -0.25) is 0 Å². The highest BCUT2D eigenvalue weighted by Crippen LogP contribution is 2.29. The summed E-state index contributed by atoms with van der Waals surface area (Å²) in [4.78, 5) is 11.8. The van der Waals surface area contributed by atoms with Crippen molar-refractivity contribution in [2.24, 2.45) is 0 Å². The minimum atomic E-state index is 0.182. The van der Waals surface area contributed by atoms with E-state index in [1.54, 1.807) is 0 Å². The van der Waals surface area contributed by atoms with Gasteiger partial charge in [-0.25, -0.2) is 9.97 Å². The summed E-state index contributed by atoms with van der Waals surface area (Å²) in [6.07, 6.45) is 1.74. The van der Waals surface area contributed by atoms with Crippen molar-refractivity contribution in [1.29, 1.82) is 0 Å². The Morgan fingerprint density at radius 1 is 1.24 bits per heavy atom. The van der Waals surface area contributed by atoms with E-state index in [0.29, 0.717) is 19.0 Å². The van der Waals surface area contributed by atoms with Crippen molar-refractivity contribution in [3.8, 4) is 0 Å². The Bertz CT molecular complexity index is 717. The van der Waals surface area contributed by atoms with Gasteiger partial charge >= 0.3 is 0 Å². The maximum Gasteiger partial charge on any atom is 0.135 e. The topological polar surface area (TPSA) is 61.3 Å². The van der Waals surface area contributed by atoms with Crippen LogP contribution in [0.1, 0.15) is 50.1 Å². The number of aliphatic hydroxyl groups is 1. The molecular weight excluding hydrogens is 312 g/mol. The SMILES string of the molecule is CC(C)c1nc(NCCCO)cc(N2Cc3ccccc3C[C@@H]2C)n1. The van der Waals surface area contributed by atoms with Gasteiger partial charge in [0.15, 0.2) is 0 Å². The number of benzene rings is 1. The number of hydrogen-bond donors (Lipinski definition) is 2. The first kappa shape index (κ1) is 17.7. The number of fused-ring (bicyclic) bond motifs is 1. The average Bonchev–Trinajstić information content (AvgIpc) is 2.61. The summed E-state index contributed by atoms with van der Waals surface area (Å²) in [5.41, 5.74) is 2.81. The second-order valence-corrected chi connectivity index (χ2v) is 7.08. The summed E-state index contributed by atoms with van der Waals surface area (Å²) in [6.45, 7) is 8.26. The minimum Gasteiger partial charge on any atom is -0.396 e. The summed E-state index contributed by atoms with van der Waals surface area (Å²) in [6, 6.07) is 11.1. The molecule has 0 fully saturated rings. The molecule has 2 heterocycles. The van der Waals surface area contributed by atoms with Gasteiger partial charge in [0.1, 0.15) is 17.5 Å². The molecule has 1 atom stereocenters. The molecule has 5 heteroatoms. The van der Waals surface area contributed by atoms with Crippen molar-refractivity contribution >= 4 is 11.6 Å². The van der Waals surface area contributed by atoms with E-state index >= 15 is 0 Å². The average molecular weight is 340 g/mol. The van der Waals surface area contributed by atoms with Gasteiger partial charge in [0.25, 0.3) is 0 Å². The molecule has 2 aromatic rings. The number of hydrogen-bond acceptors (Lipinski definition) is 5. The second kappa shape index (κ2) is 7.83. The zero-order valence-electron chi connectivity index (χ0n) is 15.4. The summed E-state index contributed by atoms with van der Waals surface area (Å²) in [5.74, 6) is 2.95. The normalized spacial score (nSPS) is 16.8. The quantitative estimate of drug-likeness (QED) is 0.790. The van der Waals surface area contributed by atoms with Crippen molar-refractivity contribution in [2.75, 3.05) is 23.4 Å². The largest absolute Gasteiger partial charge is 0.396 e. The Labute approximate surface area is 150 Å². The van der Waals surface area contributed by atoms with Crippen LogP contribution in [-0.4, -0.2) is 34.3 Å². The van der Waals surface area contributed by atoms with Crippen LogP contribution in [0, 0.1) is 0 Å². The first-order valence-corrected chi connectivity index (χ1v) is 9.15. The third-order valence-corrected chi connectivity index (χ3v) is 4.69. The first-order chi connectivity index (χ1) is 12.1. The highest BCUT2D eigenvalue weighted by atomic mass is 16.3. The zero-order chi connectivity index (χ0) is 17.8. The van der Waals surface area contributed by atoms with E-state index in [4.69, 9.17) is 10.1 Å². The molecule has 0 saturated carbocycles. The lowest BCUT2D eigenvalue weighted by atomic mass is 9.95. The van der Waals surface area contributed by atoms with Crippen LogP contribution in [0.15, 0.2) is 30.3 Å². The first-order valence-electron chi connectivity index (χ1n) is 9.15. The van der Waals surface area contributed by atoms with E-state index in [1.807, 2.05) is 6.07 Å². The third-order valence-electron chi connectivity index (χ3n) is 4.69. The predicted molar refractivity (Wildman–Crippen MR) is 102 cm³/mol. The summed E-state index contributed by atoms with van der Waals surface area (Å²) in [5, 5.41) is 12.3. The van der Waals surface area contributed by atoms with Crippen LogP contribution in [0.3, 0.4) is 0 Å². The monoisotopic (exact) mass is 340 g/mol. The summed E-state index contributed by atoms with van der Waals surface area (Å²) in [7, 11) is 0. The predicted octanol–water partition coefficient (Wildman–Crippen LogP) is 3.35. The second-order valence-electron chi connectivity index (χ2n) is 7.08. The van der Waals surface area contributed by atoms with Gasteiger partial charge in [-0.1, -0.05) is 38.1 Å². The van der Waals surface area contributed by atoms with Crippen molar-refractivity contribution in [3.63, 3.8) is 0 Å². The van der Waals surface area contributed by atoms with Gasteiger partial charge in [0.2, 0.25) is 0 Å². The molecule has 0 aliphatic carbocycles. The maximum absolute atomic E-state index is 8.99. The Morgan fingerprint density at radius 2 is 2.00 bits per heavy atom. The number of aliphatic hydroxyl groups excluding tert-OH is 1. The van der Waals surface area contributed by atoms with E-state index in [2.05, 4.69) is 60.2 Å². The lowest BCUT2D eigenvalue weighted by Gasteiger charge is -2.36. The molecule has 2 N–H and O–H groups in total. The zero-order valence-corrected chi connectivity index (χ0v) is 15.4. The van der Waals surface area contributed by atoms with Gasteiger partial charge in [-0.05, 0) is 30.9 Å². The molecule has 0 amide bonds. The molecule has 1 aliphatic heterocycles. The summed E-state index contributed by atoms with van der Waals surface area (Å²) < 4.78 is 0. The van der Waals surface area contributed by atoms with Crippen LogP contribution < -0.4 is 10.2 Å². The fraction of sp³-hybridized carbons (Fsp3) is 0.500. The lowest BCUT2D eigenvalue weighted by Crippen LogP contribution is -2.39. The Kier molecular flexibility index (Phi) is 5.53. The molecule has 1 aromatic carbocycles. The molecule has 0 bridgehead atoms.